The molecule has 0 amide bonds. The quantitative estimate of drug-likeness (QED) is 0.845. The molecule has 0 aromatic heterocycles. The zero-order valence-corrected chi connectivity index (χ0v) is 9.98. The summed E-state index contributed by atoms with van der Waals surface area (Å²) in [5.41, 5.74) is -2.39. The molecule has 0 aliphatic rings. The molecule has 0 saturated heterocycles. The summed E-state index contributed by atoms with van der Waals surface area (Å²) >= 11 is 0. The molecular formula is C12H14F2O4. The van der Waals surface area contributed by atoms with Crippen LogP contribution in [0.15, 0.2) is 24.3 Å². The molecule has 100 valence electrons. The van der Waals surface area contributed by atoms with Gasteiger partial charge in [0.25, 0.3) is 0 Å². The summed E-state index contributed by atoms with van der Waals surface area (Å²) < 4.78 is 31.7. The first kappa shape index (κ1) is 14.4. The maximum Gasteiger partial charge on any atom is 0.377 e. The summed E-state index contributed by atoms with van der Waals surface area (Å²) in [6.45, 7) is 0.785. The zero-order valence-electron chi connectivity index (χ0n) is 9.98. The predicted molar refractivity (Wildman–Crippen MR) is 59.9 cm³/mol. The Balaban J connectivity index is 3.06. The molecule has 1 unspecified atom stereocenters. The van der Waals surface area contributed by atoms with Crippen LogP contribution in [0.3, 0.4) is 0 Å². The van der Waals surface area contributed by atoms with E-state index in [1.54, 1.807) is 18.2 Å². The zero-order chi connectivity index (χ0) is 14.0. The van der Waals surface area contributed by atoms with Crippen molar-refractivity contribution in [1.29, 1.82) is 0 Å². The van der Waals surface area contributed by atoms with Crippen LogP contribution in [0.1, 0.15) is 12.5 Å². The number of alkyl halides is 2. The lowest BCUT2D eigenvalue weighted by molar-refractivity contribution is -0.203. The Labute approximate surface area is 103 Å². The molecule has 0 saturated carbocycles. The Morgan fingerprint density at radius 3 is 2.44 bits per heavy atom. The topological polar surface area (TPSA) is 66.8 Å². The van der Waals surface area contributed by atoms with Crippen molar-refractivity contribution in [3.63, 3.8) is 0 Å². The lowest BCUT2D eigenvalue weighted by Crippen LogP contribution is -2.52. The summed E-state index contributed by atoms with van der Waals surface area (Å²) in [4.78, 5) is 10.5. The van der Waals surface area contributed by atoms with Crippen LogP contribution in [-0.4, -0.2) is 34.8 Å². The Morgan fingerprint density at radius 2 is 1.94 bits per heavy atom. The number of rotatable bonds is 5. The molecule has 4 nitrogen and oxygen atoms in total. The highest BCUT2D eigenvalue weighted by Gasteiger charge is 2.55. The number of hydrogen-bond acceptors (Lipinski definition) is 3. The van der Waals surface area contributed by atoms with E-state index in [9.17, 15) is 18.7 Å². The van der Waals surface area contributed by atoms with Gasteiger partial charge in [0, 0.05) is 6.42 Å². The summed E-state index contributed by atoms with van der Waals surface area (Å²) in [5, 5.41) is 18.1. The van der Waals surface area contributed by atoms with Crippen molar-refractivity contribution in [3.05, 3.63) is 29.8 Å². The minimum atomic E-state index is -4.24. The Hall–Kier alpha value is -1.69. The fraction of sp³-hybridized carbons (Fsp3) is 0.417. The SMILES string of the molecule is COc1ccccc1CC(C)(O)C(F)(F)C(=O)O. The minimum Gasteiger partial charge on any atom is -0.496 e. The van der Waals surface area contributed by atoms with Crippen molar-refractivity contribution in [3.8, 4) is 5.75 Å². The molecule has 6 heteroatoms. The molecule has 0 spiro atoms. The summed E-state index contributed by atoms with van der Waals surface area (Å²) in [7, 11) is 1.36. The highest BCUT2D eigenvalue weighted by Crippen LogP contribution is 2.34. The molecule has 0 aliphatic heterocycles. The van der Waals surface area contributed by atoms with Crippen LogP contribution in [0, 0.1) is 0 Å². The lowest BCUT2D eigenvalue weighted by atomic mass is 9.89. The molecule has 1 aromatic carbocycles. The molecule has 0 fully saturated rings. The molecule has 1 atom stereocenters. The van der Waals surface area contributed by atoms with Crippen LogP contribution in [0.2, 0.25) is 0 Å². The second-order valence-electron chi connectivity index (χ2n) is 4.14. The summed E-state index contributed by atoms with van der Waals surface area (Å²) in [6, 6.07) is 6.27. The number of hydrogen-bond donors (Lipinski definition) is 2. The molecule has 0 heterocycles. The van der Waals surface area contributed by atoms with Crippen molar-refractivity contribution in [1.82, 2.24) is 0 Å². The average Bonchev–Trinajstić information content (AvgIpc) is 2.28. The van der Waals surface area contributed by atoms with Gasteiger partial charge in [-0.25, -0.2) is 4.79 Å². The van der Waals surface area contributed by atoms with E-state index in [0.29, 0.717) is 11.3 Å². The van der Waals surface area contributed by atoms with E-state index in [1.165, 1.54) is 13.2 Å². The second kappa shape index (κ2) is 4.89. The second-order valence-corrected chi connectivity index (χ2v) is 4.14. The minimum absolute atomic E-state index is 0.311. The number of benzene rings is 1. The maximum atomic E-state index is 13.4. The first-order chi connectivity index (χ1) is 8.22. The third kappa shape index (κ3) is 2.59. The van der Waals surface area contributed by atoms with Gasteiger partial charge in [-0.05, 0) is 18.6 Å². The number of para-hydroxylation sites is 1. The Kier molecular flexibility index (Phi) is 3.91. The third-order valence-electron chi connectivity index (χ3n) is 2.67. The number of carbonyl (C=O) groups is 1. The molecule has 0 radical (unpaired) electrons. The standard InChI is InChI=1S/C12H14F2O4/c1-11(17,12(13,14)10(15)16)7-8-5-3-4-6-9(8)18-2/h3-6,17H,7H2,1-2H3,(H,15,16). The van der Waals surface area contributed by atoms with Crippen molar-refractivity contribution >= 4 is 5.97 Å². The van der Waals surface area contributed by atoms with Gasteiger partial charge < -0.3 is 14.9 Å². The fourth-order valence-corrected chi connectivity index (χ4v) is 1.56. The lowest BCUT2D eigenvalue weighted by Gasteiger charge is -2.29. The van der Waals surface area contributed by atoms with Gasteiger partial charge in [0.05, 0.1) is 7.11 Å². The highest BCUT2D eigenvalue weighted by molar-refractivity contribution is 5.77. The summed E-state index contributed by atoms with van der Waals surface area (Å²) in [6.07, 6.45) is -0.531. The number of aliphatic hydroxyl groups is 1. The molecule has 0 bridgehead atoms. The van der Waals surface area contributed by atoms with Crippen LogP contribution < -0.4 is 4.74 Å². The highest BCUT2D eigenvalue weighted by atomic mass is 19.3. The van der Waals surface area contributed by atoms with Gasteiger partial charge in [-0.15, -0.1) is 0 Å². The maximum absolute atomic E-state index is 13.4. The molecule has 1 rings (SSSR count). The van der Waals surface area contributed by atoms with Crippen molar-refractivity contribution < 1.29 is 28.5 Å². The number of aliphatic carboxylic acids is 1. The van der Waals surface area contributed by atoms with E-state index in [4.69, 9.17) is 9.84 Å². The number of carboxylic acids is 1. The number of methoxy groups -OCH3 is 1. The van der Waals surface area contributed by atoms with Crippen molar-refractivity contribution in [2.75, 3.05) is 7.11 Å². The molecule has 18 heavy (non-hydrogen) atoms. The largest absolute Gasteiger partial charge is 0.496 e. The van der Waals surface area contributed by atoms with Crippen molar-refractivity contribution in [2.24, 2.45) is 0 Å². The van der Waals surface area contributed by atoms with Gasteiger partial charge in [0.2, 0.25) is 0 Å². The monoisotopic (exact) mass is 260 g/mol. The summed E-state index contributed by atoms with van der Waals surface area (Å²) in [5.74, 6) is -6.28. The van der Waals surface area contributed by atoms with Gasteiger partial charge in [0.15, 0.2) is 0 Å². The van der Waals surface area contributed by atoms with E-state index >= 15 is 0 Å². The van der Waals surface area contributed by atoms with E-state index < -0.39 is 23.9 Å². The van der Waals surface area contributed by atoms with Gasteiger partial charge in [-0.1, -0.05) is 18.2 Å². The van der Waals surface area contributed by atoms with Crippen LogP contribution in [0.4, 0.5) is 8.78 Å². The smallest absolute Gasteiger partial charge is 0.377 e. The third-order valence-corrected chi connectivity index (χ3v) is 2.67. The van der Waals surface area contributed by atoms with Crippen molar-refractivity contribution in [2.45, 2.75) is 24.9 Å². The van der Waals surface area contributed by atoms with Crippen LogP contribution in [-0.2, 0) is 11.2 Å². The molecular weight excluding hydrogens is 246 g/mol. The molecule has 2 N–H and O–H groups in total. The van der Waals surface area contributed by atoms with E-state index in [1.807, 2.05) is 0 Å². The first-order valence-electron chi connectivity index (χ1n) is 5.18. The molecule has 0 aliphatic carbocycles. The number of halogens is 2. The first-order valence-corrected chi connectivity index (χ1v) is 5.18. The Morgan fingerprint density at radius 1 is 1.39 bits per heavy atom. The number of ether oxygens (including phenoxy) is 1. The van der Waals surface area contributed by atoms with Gasteiger partial charge in [-0.3, -0.25) is 0 Å². The number of carboxylic acid groups (broad SMARTS) is 1. The van der Waals surface area contributed by atoms with Gasteiger partial charge in [0.1, 0.15) is 11.4 Å². The van der Waals surface area contributed by atoms with Gasteiger partial charge in [-0.2, -0.15) is 8.78 Å². The van der Waals surface area contributed by atoms with Crippen LogP contribution >= 0.6 is 0 Å². The van der Waals surface area contributed by atoms with Crippen LogP contribution in [0.25, 0.3) is 0 Å². The molecule has 1 aromatic rings. The van der Waals surface area contributed by atoms with Crippen LogP contribution in [0.5, 0.6) is 5.75 Å². The van der Waals surface area contributed by atoms with Gasteiger partial charge >= 0.3 is 11.9 Å². The Bertz CT molecular complexity index is 443. The van der Waals surface area contributed by atoms with E-state index in [2.05, 4.69) is 0 Å². The fourth-order valence-electron chi connectivity index (χ4n) is 1.56. The predicted octanol–water partition coefficient (Wildman–Crippen LogP) is 1.71. The van der Waals surface area contributed by atoms with E-state index in [-0.39, 0.29) is 0 Å². The average molecular weight is 260 g/mol. The van der Waals surface area contributed by atoms with E-state index in [0.717, 1.165) is 6.92 Å². The normalized spacial score (nSPS) is 14.9.